The molecule has 1 saturated heterocycles. The van der Waals surface area contributed by atoms with E-state index in [-0.39, 0.29) is 51.0 Å². The number of rotatable bonds is 31. The van der Waals surface area contributed by atoms with E-state index in [2.05, 4.69) is 72.4 Å². The van der Waals surface area contributed by atoms with Crippen molar-refractivity contribution >= 4 is 59.3 Å². The largest absolute Gasteiger partial charge is 0.444 e. The van der Waals surface area contributed by atoms with Crippen molar-refractivity contribution in [3.8, 4) is 0 Å². The van der Waals surface area contributed by atoms with E-state index in [4.69, 9.17) is 10.5 Å². The molecule has 0 radical (unpaired) electrons. The summed E-state index contributed by atoms with van der Waals surface area (Å²) in [7, 11) is 0. The zero-order chi connectivity index (χ0) is 63.4. The lowest BCUT2D eigenvalue weighted by Gasteiger charge is -2.31. The number of alkyl carbamates (subject to hydrolysis) is 1. The second kappa shape index (κ2) is 32.0. The average molecular weight is 1200 g/mol. The number of nitrogens with zero attached hydrogens (tertiary/aromatic N) is 4. The van der Waals surface area contributed by atoms with Gasteiger partial charge in [-0.05, 0) is 69.3 Å². The molecule has 86 heavy (non-hydrogen) atoms. The quantitative estimate of drug-likeness (QED) is 0.0338. The van der Waals surface area contributed by atoms with Crippen LogP contribution in [0.15, 0.2) is 67.9 Å². The summed E-state index contributed by atoms with van der Waals surface area (Å²) in [5, 5.41) is 22.1. The maximum absolute atomic E-state index is 14.7. The van der Waals surface area contributed by atoms with E-state index in [9.17, 15) is 47.9 Å². The lowest BCUT2D eigenvalue weighted by Crippen LogP contribution is -2.62. The molecule has 1 aliphatic heterocycles. The number of amides is 10. The van der Waals surface area contributed by atoms with Crippen LogP contribution in [-0.2, 0) is 73.6 Å². The molecule has 0 unspecified atom stereocenters. The number of carbonyl (C=O) groups excluding carboxylic acids is 10. The highest BCUT2D eigenvalue weighted by molar-refractivity contribution is 5.99. The Labute approximate surface area is 501 Å². The Hall–Kier alpha value is -8.65. The molecule has 0 saturated carbocycles. The average Bonchev–Trinajstić information content (AvgIpc) is 2.92. The van der Waals surface area contributed by atoms with Gasteiger partial charge in [-0.3, -0.25) is 43.2 Å². The molecule has 4 aromatic rings. The fourth-order valence-corrected chi connectivity index (χ4v) is 9.78. The Kier molecular flexibility index (Phi) is 25.4. The van der Waals surface area contributed by atoms with E-state index in [0.717, 1.165) is 0 Å². The van der Waals surface area contributed by atoms with Crippen molar-refractivity contribution in [3.63, 3.8) is 0 Å². The van der Waals surface area contributed by atoms with Gasteiger partial charge in [-0.25, -0.2) is 19.7 Å². The van der Waals surface area contributed by atoms with Crippen molar-refractivity contribution in [2.75, 3.05) is 6.54 Å². The predicted molar refractivity (Wildman–Crippen MR) is 316 cm³/mol. The normalized spacial score (nSPS) is 16.5. The summed E-state index contributed by atoms with van der Waals surface area (Å²) in [5.74, 6) is -8.04. The second-order valence-electron chi connectivity index (χ2n) is 24.0. The van der Waals surface area contributed by atoms with Crippen LogP contribution in [-0.4, -0.2) is 161 Å². The molecule has 27 heteroatoms. The Morgan fingerprint density at radius 1 is 0.581 bits per heavy atom. The van der Waals surface area contributed by atoms with Crippen molar-refractivity contribution in [2.24, 2.45) is 29.4 Å². The number of nitrogens with two attached hydrogens (primary N) is 1. The third-order valence-electron chi connectivity index (χ3n) is 14.6. The molecular weight excluding hydrogens is 1110 g/mol. The molecule has 1 fully saturated rings. The van der Waals surface area contributed by atoms with Crippen LogP contribution in [0, 0.1) is 23.7 Å². The van der Waals surface area contributed by atoms with Gasteiger partial charge >= 0.3 is 6.09 Å². The molecule has 27 nitrogen and oxygen atoms in total. The standard InChI is InChI=1S/C59H88N16O11/c1-12-35(8)48(56(83)67-40(49(60)76)23-37-26-61-29-64-37)74-55(82)47(34(6)7)73-54(81)46(33(4)5)72-52(79)41(21-32(2)3)68-51(78)43(24-38-27-62-30-65-38)69-50(77)42(22-36-17-14-13-15-18-36)70-53(80)45-19-16-20-75(45)57(84)44(25-39-28-63-31-66-39)71-58(85)86-59(9,10)11/h13-15,17-18,26-35,40-48H,12,16,19-25H2,1-11H3,(H2,60,76)(H,61,64)(H,62,65)(H,63,66)(H,67,83)(H,68,78)(H,69,77)(H,70,80)(H,71,85)(H,72,79)(H,73,81)(H,74,82)/t35-,40-,41-,42-,43-,44-,45-,46-,47-,48-/m0/s1. The predicted octanol–water partition coefficient (Wildman–Crippen LogP) is 1.29. The van der Waals surface area contributed by atoms with Gasteiger partial charge < -0.3 is 72.9 Å². The van der Waals surface area contributed by atoms with Crippen LogP contribution in [0.2, 0.25) is 0 Å². The van der Waals surface area contributed by atoms with Crippen LogP contribution >= 0.6 is 0 Å². The summed E-state index contributed by atoms with van der Waals surface area (Å²) < 4.78 is 5.47. The van der Waals surface area contributed by atoms with Crippen LogP contribution in [0.5, 0.6) is 0 Å². The van der Waals surface area contributed by atoms with Gasteiger partial charge in [-0.2, -0.15) is 0 Å². The molecule has 5 rings (SSSR count). The molecule has 3 aromatic heterocycles. The minimum atomic E-state index is -1.37. The van der Waals surface area contributed by atoms with Crippen molar-refractivity contribution in [2.45, 2.75) is 188 Å². The highest BCUT2D eigenvalue weighted by Crippen LogP contribution is 2.22. The number of aromatic nitrogens is 6. The molecule has 4 heterocycles. The molecule has 0 spiro atoms. The molecule has 13 N–H and O–H groups in total. The lowest BCUT2D eigenvalue weighted by molar-refractivity contribution is -0.141. The number of ether oxygens (including phenoxy) is 1. The topological polar surface area (TPSA) is 391 Å². The van der Waals surface area contributed by atoms with Crippen molar-refractivity contribution in [3.05, 3.63) is 90.5 Å². The molecule has 1 aromatic carbocycles. The number of aromatic amines is 3. The summed E-state index contributed by atoms with van der Waals surface area (Å²) >= 11 is 0. The highest BCUT2D eigenvalue weighted by Gasteiger charge is 2.41. The van der Waals surface area contributed by atoms with Crippen molar-refractivity contribution in [1.82, 2.24) is 77.3 Å². The summed E-state index contributed by atoms with van der Waals surface area (Å²) in [5.41, 5.74) is 6.98. The number of likely N-dealkylation sites (tertiary alicyclic amines) is 1. The maximum atomic E-state index is 14.7. The Morgan fingerprint density at radius 3 is 1.51 bits per heavy atom. The number of primary amides is 1. The second-order valence-corrected chi connectivity index (χ2v) is 24.0. The fraction of sp³-hybridized carbons (Fsp3) is 0.576. The Bertz CT molecular complexity index is 2880. The third-order valence-corrected chi connectivity index (χ3v) is 14.6. The van der Waals surface area contributed by atoms with Gasteiger partial charge in [0.25, 0.3) is 0 Å². The third kappa shape index (κ3) is 20.8. The van der Waals surface area contributed by atoms with E-state index in [0.29, 0.717) is 35.5 Å². The minimum absolute atomic E-state index is 0.00955. The van der Waals surface area contributed by atoms with E-state index in [1.54, 1.807) is 85.7 Å². The first-order valence-corrected chi connectivity index (χ1v) is 29.3. The van der Waals surface area contributed by atoms with E-state index >= 15 is 0 Å². The summed E-state index contributed by atoms with van der Waals surface area (Å²) in [4.78, 5) is 163. The van der Waals surface area contributed by atoms with Gasteiger partial charge in [0.1, 0.15) is 60.0 Å². The van der Waals surface area contributed by atoms with Crippen LogP contribution in [0.25, 0.3) is 0 Å². The van der Waals surface area contributed by atoms with Crippen molar-refractivity contribution in [1.29, 1.82) is 0 Å². The summed E-state index contributed by atoms with van der Waals surface area (Å²) in [6, 6.07) is -1.99. The number of H-pyrrole nitrogens is 3. The van der Waals surface area contributed by atoms with Gasteiger partial charge in [0.15, 0.2) is 0 Å². The maximum Gasteiger partial charge on any atom is 0.408 e. The van der Waals surface area contributed by atoms with Crippen LogP contribution < -0.4 is 48.3 Å². The molecule has 0 bridgehead atoms. The van der Waals surface area contributed by atoms with Gasteiger partial charge in [0.2, 0.25) is 53.2 Å². The van der Waals surface area contributed by atoms with Gasteiger partial charge in [0.05, 0.1) is 19.0 Å². The van der Waals surface area contributed by atoms with E-state index in [1.807, 2.05) is 20.8 Å². The number of imidazole rings is 3. The SMILES string of the molecule is CC[C@H](C)[C@H](NC(=O)[C@@H](NC(=O)[C@@H](NC(=O)[C@H](CC(C)C)NC(=O)[C@H](Cc1cnc[nH]1)NC(=O)[C@H](Cc1ccccc1)NC(=O)[C@@H]1CCCN1C(=O)[C@H](Cc1cnc[nH]1)NC(=O)OC(C)(C)C)C(C)C)C(C)C)C(=O)N[C@@H](Cc1cnc[nH]1)C(N)=O. The number of benzene rings is 1. The molecule has 10 amide bonds. The first-order valence-electron chi connectivity index (χ1n) is 29.3. The monoisotopic (exact) mass is 1200 g/mol. The first-order chi connectivity index (χ1) is 40.6. The Morgan fingerprint density at radius 2 is 1.03 bits per heavy atom. The molecule has 0 aliphatic carbocycles. The number of nitrogens with one attached hydrogen (secondary N) is 11. The fourth-order valence-electron chi connectivity index (χ4n) is 9.78. The van der Waals surface area contributed by atoms with E-state index in [1.165, 1.54) is 42.5 Å². The van der Waals surface area contributed by atoms with E-state index < -0.39 is 137 Å². The number of hydrogen-bond acceptors (Lipinski definition) is 14. The Balaban J connectivity index is 1.34. The van der Waals surface area contributed by atoms with Crippen LogP contribution in [0.1, 0.15) is 124 Å². The van der Waals surface area contributed by atoms with Gasteiger partial charge in [-0.15, -0.1) is 0 Å². The molecular formula is C59H88N16O11. The van der Waals surface area contributed by atoms with Gasteiger partial charge in [0, 0.05) is 67.9 Å². The summed E-state index contributed by atoms with van der Waals surface area (Å²) in [6.07, 6.45) is 8.99. The zero-order valence-corrected chi connectivity index (χ0v) is 51.1. The van der Waals surface area contributed by atoms with Crippen molar-refractivity contribution < 1.29 is 52.7 Å². The smallest absolute Gasteiger partial charge is 0.408 e. The minimum Gasteiger partial charge on any atom is -0.444 e. The molecule has 10 atom stereocenters. The number of carbonyl (C=O) groups is 10. The first kappa shape index (κ1) is 68.1. The van der Waals surface area contributed by atoms with Gasteiger partial charge in [-0.1, -0.05) is 92.1 Å². The van der Waals surface area contributed by atoms with Crippen LogP contribution in [0.3, 0.4) is 0 Å². The highest BCUT2D eigenvalue weighted by atomic mass is 16.6. The summed E-state index contributed by atoms with van der Waals surface area (Å²) in [6.45, 7) is 19.3. The zero-order valence-electron chi connectivity index (χ0n) is 51.1. The van der Waals surface area contributed by atoms with Crippen LogP contribution in [0.4, 0.5) is 4.79 Å². The number of hydrogen-bond donors (Lipinski definition) is 12. The molecule has 1 aliphatic rings. The lowest BCUT2D eigenvalue weighted by atomic mass is 9.95. The molecule has 470 valence electrons.